The zero-order chi connectivity index (χ0) is 22.7. The quantitative estimate of drug-likeness (QED) is 0.465. The smallest absolute Gasteiger partial charge is 0.433 e. The van der Waals surface area contributed by atoms with Gasteiger partial charge in [0.25, 0.3) is 5.91 Å². The van der Waals surface area contributed by atoms with E-state index in [1.807, 2.05) is 0 Å². The second kappa shape index (κ2) is 8.73. The lowest BCUT2D eigenvalue weighted by Crippen LogP contribution is -2.46. The molecule has 0 aliphatic heterocycles. The molecule has 0 aliphatic carbocycles. The van der Waals surface area contributed by atoms with Crippen LogP contribution in [0.3, 0.4) is 0 Å². The van der Waals surface area contributed by atoms with E-state index in [1.54, 1.807) is 54.6 Å². The van der Waals surface area contributed by atoms with Crippen LogP contribution in [-0.4, -0.2) is 24.1 Å². The van der Waals surface area contributed by atoms with Crippen LogP contribution in [0.4, 0.5) is 20.6 Å². The highest BCUT2D eigenvalue weighted by molar-refractivity contribution is 6.14. The van der Waals surface area contributed by atoms with Gasteiger partial charge in [0.15, 0.2) is 0 Å². The van der Waals surface area contributed by atoms with Crippen molar-refractivity contribution in [2.45, 2.75) is 0 Å². The van der Waals surface area contributed by atoms with Crippen molar-refractivity contribution in [2.24, 2.45) is 0 Å². The zero-order valence-corrected chi connectivity index (χ0v) is 17.1. The van der Waals surface area contributed by atoms with Gasteiger partial charge in [-0.25, -0.2) is 14.2 Å². The summed E-state index contributed by atoms with van der Waals surface area (Å²) in [5.74, 6) is -1.03. The monoisotopic (exact) mass is 430 g/mol. The summed E-state index contributed by atoms with van der Waals surface area (Å²) in [6.07, 6.45) is -0.778. The standard InChI is InChI=1S/C24H19FN4O3/c1-32-24(31)29(17-7-3-2-4-8-17)28-23(30)20-18-9-5-6-10-19(18)27-22(21(20)26)15-11-13-16(25)14-12-15/h2-14H,26H2,1H3,(H,28,30). The van der Waals surface area contributed by atoms with E-state index >= 15 is 0 Å². The van der Waals surface area contributed by atoms with Gasteiger partial charge in [-0.3, -0.25) is 10.2 Å². The Morgan fingerprint density at radius 2 is 1.62 bits per heavy atom. The first-order chi connectivity index (χ1) is 15.5. The van der Waals surface area contributed by atoms with E-state index in [4.69, 9.17) is 10.5 Å². The van der Waals surface area contributed by atoms with E-state index in [0.29, 0.717) is 27.8 Å². The molecule has 0 radical (unpaired) electrons. The summed E-state index contributed by atoms with van der Waals surface area (Å²) in [5, 5.41) is 1.50. The van der Waals surface area contributed by atoms with Crippen LogP contribution in [0.15, 0.2) is 78.9 Å². The molecular formula is C24H19FN4O3. The van der Waals surface area contributed by atoms with Gasteiger partial charge in [-0.05, 0) is 42.5 Å². The largest absolute Gasteiger partial charge is 0.451 e. The van der Waals surface area contributed by atoms with Crippen molar-refractivity contribution in [1.29, 1.82) is 0 Å². The minimum atomic E-state index is -0.778. The molecule has 0 saturated heterocycles. The van der Waals surface area contributed by atoms with E-state index in [1.165, 1.54) is 31.4 Å². The van der Waals surface area contributed by atoms with Crippen molar-refractivity contribution in [1.82, 2.24) is 10.4 Å². The van der Waals surface area contributed by atoms with Gasteiger partial charge in [-0.1, -0.05) is 36.4 Å². The highest BCUT2D eigenvalue weighted by atomic mass is 19.1. The molecule has 2 amide bonds. The molecule has 0 unspecified atom stereocenters. The molecule has 3 aromatic carbocycles. The Bertz CT molecular complexity index is 1290. The van der Waals surface area contributed by atoms with Crippen LogP contribution in [-0.2, 0) is 4.74 Å². The number of ether oxygens (including phenoxy) is 1. The second-order valence-electron chi connectivity index (χ2n) is 6.86. The Labute approximate surface area is 183 Å². The van der Waals surface area contributed by atoms with Gasteiger partial charge in [-0.15, -0.1) is 0 Å². The predicted molar refractivity (Wildman–Crippen MR) is 120 cm³/mol. The second-order valence-corrected chi connectivity index (χ2v) is 6.86. The minimum absolute atomic E-state index is 0.102. The van der Waals surface area contributed by atoms with Gasteiger partial charge in [0.1, 0.15) is 5.82 Å². The lowest BCUT2D eigenvalue weighted by atomic mass is 10.0. The Morgan fingerprint density at radius 3 is 2.31 bits per heavy atom. The number of rotatable bonds is 3. The summed E-state index contributed by atoms with van der Waals surface area (Å²) < 4.78 is 18.2. The van der Waals surface area contributed by atoms with Crippen LogP contribution < -0.4 is 16.2 Å². The molecule has 32 heavy (non-hydrogen) atoms. The average Bonchev–Trinajstić information content (AvgIpc) is 2.82. The Hall–Kier alpha value is -4.46. The number of nitrogens with one attached hydrogen (secondary N) is 1. The lowest BCUT2D eigenvalue weighted by Gasteiger charge is -2.23. The first kappa shape index (κ1) is 20.8. The van der Waals surface area contributed by atoms with Crippen molar-refractivity contribution in [3.8, 4) is 11.3 Å². The van der Waals surface area contributed by atoms with Crippen LogP contribution >= 0.6 is 0 Å². The molecule has 0 atom stereocenters. The lowest BCUT2D eigenvalue weighted by molar-refractivity contribution is 0.0943. The van der Waals surface area contributed by atoms with Gasteiger partial charge >= 0.3 is 6.09 Å². The number of pyridine rings is 1. The fourth-order valence-corrected chi connectivity index (χ4v) is 3.34. The van der Waals surface area contributed by atoms with Gasteiger partial charge in [0.05, 0.1) is 35.3 Å². The third-order valence-electron chi connectivity index (χ3n) is 4.86. The van der Waals surface area contributed by atoms with E-state index in [0.717, 1.165) is 5.01 Å². The highest BCUT2D eigenvalue weighted by Crippen LogP contribution is 2.32. The fraction of sp³-hybridized carbons (Fsp3) is 0.0417. The number of nitrogens with two attached hydrogens (primary N) is 1. The summed E-state index contributed by atoms with van der Waals surface area (Å²) in [6.45, 7) is 0. The number of anilines is 2. The summed E-state index contributed by atoms with van der Waals surface area (Å²) in [5.41, 5.74) is 11.0. The SMILES string of the molecule is COC(=O)N(NC(=O)c1c(N)c(-c2ccc(F)cc2)nc2ccccc12)c1ccccc1. The molecule has 0 aliphatic rings. The van der Waals surface area contributed by atoms with E-state index in [2.05, 4.69) is 10.4 Å². The number of carbonyl (C=O) groups is 2. The molecule has 0 spiro atoms. The van der Waals surface area contributed by atoms with Gasteiger partial charge in [0, 0.05) is 10.9 Å². The summed E-state index contributed by atoms with van der Waals surface area (Å²) in [7, 11) is 1.22. The number of fused-ring (bicyclic) bond motifs is 1. The normalized spacial score (nSPS) is 10.6. The number of hydrogen-bond acceptors (Lipinski definition) is 5. The number of methoxy groups -OCH3 is 1. The van der Waals surface area contributed by atoms with Gasteiger partial charge < -0.3 is 10.5 Å². The molecule has 0 saturated carbocycles. The van der Waals surface area contributed by atoms with Crippen LogP contribution in [0.25, 0.3) is 22.2 Å². The maximum Gasteiger partial charge on any atom is 0.433 e. The van der Waals surface area contributed by atoms with E-state index in [-0.39, 0.29) is 11.3 Å². The van der Waals surface area contributed by atoms with Crippen LogP contribution in [0.1, 0.15) is 10.4 Å². The third kappa shape index (κ3) is 3.93. The molecule has 4 aromatic rings. The molecular weight excluding hydrogens is 411 g/mol. The Morgan fingerprint density at radius 1 is 0.969 bits per heavy atom. The number of aromatic nitrogens is 1. The number of carbonyl (C=O) groups excluding carboxylic acids is 2. The molecule has 8 heteroatoms. The Kier molecular flexibility index (Phi) is 5.67. The van der Waals surface area contributed by atoms with Crippen LogP contribution in [0.2, 0.25) is 0 Å². The number of benzene rings is 3. The molecule has 160 valence electrons. The number of nitrogens with zero attached hydrogens (tertiary/aromatic N) is 2. The number of para-hydroxylation sites is 2. The van der Waals surface area contributed by atoms with Crippen molar-refractivity contribution < 1.29 is 18.7 Å². The molecule has 0 bridgehead atoms. The summed E-state index contributed by atoms with van der Waals surface area (Å²) >= 11 is 0. The zero-order valence-electron chi connectivity index (χ0n) is 17.1. The van der Waals surface area contributed by atoms with Crippen LogP contribution in [0.5, 0.6) is 0 Å². The van der Waals surface area contributed by atoms with Crippen molar-refractivity contribution in [2.75, 3.05) is 17.9 Å². The van der Waals surface area contributed by atoms with Gasteiger partial charge in [0.2, 0.25) is 0 Å². The topological polar surface area (TPSA) is 97.5 Å². The summed E-state index contributed by atoms with van der Waals surface area (Å²) in [4.78, 5) is 30.3. The maximum atomic E-state index is 13.4. The average molecular weight is 430 g/mol. The van der Waals surface area contributed by atoms with Crippen LogP contribution in [0, 0.1) is 5.82 Å². The minimum Gasteiger partial charge on any atom is -0.451 e. The molecule has 1 heterocycles. The molecule has 0 fully saturated rings. The van der Waals surface area contributed by atoms with E-state index in [9.17, 15) is 14.0 Å². The first-order valence-corrected chi connectivity index (χ1v) is 9.68. The number of amides is 2. The summed E-state index contributed by atoms with van der Waals surface area (Å²) in [6, 6.07) is 21.2. The number of nitrogen functional groups attached to an aromatic ring is 1. The number of hydrazine groups is 1. The molecule has 7 nitrogen and oxygen atoms in total. The third-order valence-corrected chi connectivity index (χ3v) is 4.86. The first-order valence-electron chi connectivity index (χ1n) is 9.68. The molecule has 3 N–H and O–H groups in total. The Balaban J connectivity index is 1.83. The predicted octanol–water partition coefficient (Wildman–Crippen LogP) is 4.54. The molecule has 1 aromatic heterocycles. The van der Waals surface area contributed by atoms with Gasteiger partial charge in [-0.2, -0.15) is 5.01 Å². The number of hydrogen-bond donors (Lipinski definition) is 2. The van der Waals surface area contributed by atoms with E-state index < -0.39 is 17.8 Å². The maximum absolute atomic E-state index is 13.4. The van der Waals surface area contributed by atoms with Crippen molar-refractivity contribution >= 4 is 34.3 Å². The fourth-order valence-electron chi connectivity index (χ4n) is 3.34. The van der Waals surface area contributed by atoms with Crippen molar-refractivity contribution in [3.63, 3.8) is 0 Å². The molecule has 4 rings (SSSR count). The highest BCUT2D eigenvalue weighted by Gasteiger charge is 2.24. The van der Waals surface area contributed by atoms with Crippen molar-refractivity contribution in [3.05, 3.63) is 90.2 Å². The number of halogens is 1.